The molecular formula is C19H19FN6O2S. The minimum absolute atomic E-state index is 0.0405. The lowest BCUT2D eigenvalue weighted by Gasteiger charge is -2.11. The first kappa shape index (κ1) is 20.5. The Hall–Kier alpha value is -3.27. The molecule has 0 unspecified atom stereocenters. The minimum atomic E-state index is -0.553. The predicted molar refractivity (Wildman–Crippen MR) is 107 cm³/mol. The third-order valence-corrected chi connectivity index (χ3v) is 4.59. The van der Waals surface area contributed by atoms with Crippen LogP contribution in [0.4, 0.5) is 9.18 Å². The van der Waals surface area contributed by atoms with Crippen molar-refractivity contribution >= 4 is 23.7 Å². The molecule has 0 aliphatic rings. The predicted octanol–water partition coefficient (Wildman–Crippen LogP) is 2.79. The third-order valence-electron chi connectivity index (χ3n) is 3.66. The number of nitrogens with zero attached hydrogens (tertiary/aromatic N) is 4. The number of pyridine rings is 1. The van der Waals surface area contributed by atoms with E-state index in [1.807, 2.05) is 0 Å². The molecule has 0 spiro atoms. The number of imide groups is 1. The van der Waals surface area contributed by atoms with Crippen molar-refractivity contribution < 1.29 is 14.0 Å². The number of thioether (sulfide) groups is 1. The highest BCUT2D eigenvalue weighted by atomic mass is 32.2. The van der Waals surface area contributed by atoms with Crippen molar-refractivity contribution in [1.82, 2.24) is 30.4 Å². The van der Waals surface area contributed by atoms with Crippen molar-refractivity contribution in [2.75, 3.05) is 5.75 Å². The first-order chi connectivity index (χ1) is 13.9. The average molecular weight is 414 g/mol. The van der Waals surface area contributed by atoms with Gasteiger partial charge in [-0.15, -0.1) is 10.2 Å². The van der Waals surface area contributed by atoms with E-state index in [1.54, 1.807) is 55.1 Å². The monoisotopic (exact) mass is 414 g/mol. The van der Waals surface area contributed by atoms with Gasteiger partial charge in [0, 0.05) is 29.7 Å². The molecule has 2 aromatic heterocycles. The largest absolute Gasteiger partial charge is 0.336 e. The van der Waals surface area contributed by atoms with Crippen LogP contribution in [0, 0.1) is 5.82 Å². The molecular weight excluding hydrogens is 395 g/mol. The molecule has 0 saturated heterocycles. The summed E-state index contributed by atoms with van der Waals surface area (Å²) < 4.78 is 15.1. The van der Waals surface area contributed by atoms with Crippen LogP contribution in [0.1, 0.15) is 13.8 Å². The molecule has 2 N–H and O–H groups in total. The van der Waals surface area contributed by atoms with Gasteiger partial charge in [-0.2, -0.15) is 0 Å². The number of amides is 3. The van der Waals surface area contributed by atoms with Crippen molar-refractivity contribution in [3.8, 4) is 17.1 Å². The van der Waals surface area contributed by atoms with E-state index in [2.05, 4.69) is 25.8 Å². The summed E-state index contributed by atoms with van der Waals surface area (Å²) >= 11 is 1.12. The van der Waals surface area contributed by atoms with Gasteiger partial charge >= 0.3 is 6.03 Å². The highest BCUT2D eigenvalue weighted by Gasteiger charge is 2.18. The summed E-state index contributed by atoms with van der Waals surface area (Å²) in [6.45, 7) is 3.59. The Balaban J connectivity index is 1.83. The molecule has 3 amide bonds. The molecule has 29 heavy (non-hydrogen) atoms. The number of hydrogen-bond acceptors (Lipinski definition) is 6. The molecule has 10 heteroatoms. The smallest absolute Gasteiger partial charge is 0.321 e. The van der Waals surface area contributed by atoms with E-state index in [4.69, 9.17) is 0 Å². The molecule has 2 heterocycles. The molecule has 0 fully saturated rings. The Labute approximate surface area is 170 Å². The summed E-state index contributed by atoms with van der Waals surface area (Å²) in [5.74, 6) is -0.343. The maximum atomic E-state index is 13.4. The fraction of sp³-hybridized carbons (Fsp3) is 0.211. The van der Waals surface area contributed by atoms with Gasteiger partial charge in [-0.1, -0.05) is 11.8 Å². The molecule has 0 aliphatic carbocycles. The number of benzene rings is 1. The van der Waals surface area contributed by atoms with E-state index in [0.29, 0.717) is 16.7 Å². The molecule has 150 valence electrons. The zero-order valence-electron chi connectivity index (χ0n) is 15.8. The fourth-order valence-corrected chi connectivity index (χ4v) is 3.22. The zero-order chi connectivity index (χ0) is 20.8. The Kier molecular flexibility index (Phi) is 6.55. The van der Waals surface area contributed by atoms with E-state index in [1.165, 1.54) is 12.1 Å². The number of halogens is 1. The van der Waals surface area contributed by atoms with Gasteiger partial charge in [0.1, 0.15) is 5.82 Å². The number of carbonyl (C=O) groups is 2. The third kappa shape index (κ3) is 5.38. The lowest BCUT2D eigenvalue weighted by atomic mass is 10.2. The van der Waals surface area contributed by atoms with E-state index in [9.17, 15) is 14.0 Å². The summed E-state index contributed by atoms with van der Waals surface area (Å²) in [4.78, 5) is 27.7. The number of aromatic nitrogens is 4. The number of urea groups is 1. The van der Waals surface area contributed by atoms with Crippen LogP contribution in [0.15, 0.2) is 53.9 Å². The van der Waals surface area contributed by atoms with Gasteiger partial charge in [-0.3, -0.25) is 19.7 Å². The second-order valence-corrected chi connectivity index (χ2v) is 7.26. The second kappa shape index (κ2) is 9.28. The van der Waals surface area contributed by atoms with Crippen LogP contribution in [0.3, 0.4) is 0 Å². The quantitative estimate of drug-likeness (QED) is 0.602. The van der Waals surface area contributed by atoms with Gasteiger partial charge in [-0.05, 0) is 50.2 Å². The minimum Gasteiger partial charge on any atom is -0.336 e. The normalized spacial score (nSPS) is 10.8. The van der Waals surface area contributed by atoms with Gasteiger partial charge in [0.15, 0.2) is 11.0 Å². The molecule has 1 aromatic carbocycles. The van der Waals surface area contributed by atoms with Crippen molar-refractivity contribution in [2.45, 2.75) is 25.0 Å². The molecule has 0 saturated carbocycles. The van der Waals surface area contributed by atoms with E-state index < -0.39 is 11.9 Å². The lowest BCUT2D eigenvalue weighted by Crippen LogP contribution is -2.43. The Morgan fingerprint density at radius 2 is 1.79 bits per heavy atom. The van der Waals surface area contributed by atoms with Crippen molar-refractivity contribution in [3.63, 3.8) is 0 Å². The van der Waals surface area contributed by atoms with Crippen LogP contribution >= 0.6 is 11.8 Å². The van der Waals surface area contributed by atoms with Crippen LogP contribution in [0.5, 0.6) is 0 Å². The first-order valence-corrected chi connectivity index (χ1v) is 9.77. The van der Waals surface area contributed by atoms with Crippen LogP contribution < -0.4 is 10.6 Å². The molecule has 0 aliphatic heterocycles. The summed E-state index contributed by atoms with van der Waals surface area (Å²) in [5.41, 5.74) is 1.41. The summed E-state index contributed by atoms with van der Waals surface area (Å²) in [5, 5.41) is 13.7. The van der Waals surface area contributed by atoms with Crippen LogP contribution in [0.2, 0.25) is 0 Å². The summed E-state index contributed by atoms with van der Waals surface area (Å²) in [6, 6.07) is 8.80. The maximum Gasteiger partial charge on any atom is 0.321 e. The highest BCUT2D eigenvalue weighted by molar-refractivity contribution is 7.99. The summed E-state index contributed by atoms with van der Waals surface area (Å²) in [6.07, 6.45) is 3.26. The molecule has 0 radical (unpaired) electrons. The highest BCUT2D eigenvalue weighted by Crippen LogP contribution is 2.27. The van der Waals surface area contributed by atoms with Crippen LogP contribution in [-0.4, -0.2) is 43.5 Å². The number of hydrogen-bond donors (Lipinski definition) is 2. The van der Waals surface area contributed by atoms with Crippen LogP contribution in [-0.2, 0) is 4.79 Å². The average Bonchev–Trinajstić information content (AvgIpc) is 3.11. The Bertz CT molecular complexity index is 992. The molecule has 8 nitrogen and oxygen atoms in total. The van der Waals surface area contributed by atoms with Crippen molar-refractivity contribution in [3.05, 3.63) is 54.6 Å². The number of carbonyl (C=O) groups excluding carboxylic acids is 2. The van der Waals surface area contributed by atoms with Gasteiger partial charge in [0.05, 0.1) is 5.75 Å². The molecule has 0 bridgehead atoms. The fourth-order valence-electron chi connectivity index (χ4n) is 2.47. The lowest BCUT2D eigenvalue weighted by molar-refractivity contribution is -0.117. The van der Waals surface area contributed by atoms with Gasteiger partial charge in [0.25, 0.3) is 0 Å². The second-order valence-electron chi connectivity index (χ2n) is 6.32. The number of nitrogens with one attached hydrogen (secondary N) is 2. The van der Waals surface area contributed by atoms with Crippen molar-refractivity contribution in [2.24, 2.45) is 0 Å². The molecule has 0 atom stereocenters. The van der Waals surface area contributed by atoms with Crippen LogP contribution in [0.25, 0.3) is 17.1 Å². The standard InChI is InChI=1S/C19H19FN6O2S/c1-12(2)22-18(28)23-16(27)11-29-19-25-24-17(13-7-9-21-10-8-13)26(19)15-5-3-14(20)4-6-15/h3-10,12H,11H2,1-2H3,(H2,22,23,27,28). The summed E-state index contributed by atoms with van der Waals surface area (Å²) in [7, 11) is 0. The van der Waals surface area contributed by atoms with E-state index in [-0.39, 0.29) is 17.6 Å². The first-order valence-electron chi connectivity index (χ1n) is 8.79. The van der Waals surface area contributed by atoms with Crippen molar-refractivity contribution in [1.29, 1.82) is 0 Å². The molecule has 3 aromatic rings. The van der Waals surface area contributed by atoms with E-state index in [0.717, 1.165) is 17.3 Å². The van der Waals surface area contributed by atoms with Gasteiger partial charge in [0.2, 0.25) is 5.91 Å². The van der Waals surface area contributed by atoms with Gasteiger partial charge < -0.3 is 5.32 Å². The van der Waals surface area contributed by atoms with Gasteiger partial charge in [-0.25, -0.2) is 9.18 Å². The topological polar surface area (TPSA) is 102 Å². The molecule has 3 rings (SSSR count). The SMILES string of the molecule is CC(C)NC(=O)NC(=O)CSc1nnc(-c2ccncc2)n1-c1ccc(F)cc1. The maximum absolute atomic E-state index is 13.4. The Morgan fingerprint density at radius 1 is 1.10 bits per heavy atom. The zero-order valence-corrected chi connectivity index (χ0v) is 16.6. The van der Waals surface area contributed by atoms with E-state index >= 15 is 0 Å². The number of rotatable bonds is 6. The Morgan fingerprint density at radius 3 is 2.45 bits per heavy atom.